The maximum atomic E-state index is 10.6. The smallest absolute Gasteiger partial charge is 0.209 e. The highest BCUT2D eigenvalue weighted by molar-refractivity contribution is 7.89. The van der Waals surface area contributed by atoms with Gasteiger partial charge in [-0.2, -0.15) is 5.26 Å². The van der Waals surface area contributed by atoms with Crippen molar-refractivity contribution in [3.05, 3.63) is 18.1 Å². The summed E-state index contributed by atoms with van der Waals surface area (Å²) in [5, 5.41) is 16.2. The number of aromatic nitrogens is 2. The van der Waals surface area contributed by atoms with E-state index in [1.807, 2.05) is 6.07 Å². The third-order valence-corrected chi connectivity index (χ3v) is 2.54. The van der Waals surface area contributed by atoms with Gasteiger partial charge < -0.3 is 5.32 Å². The summed E-state index contributed by atoms with van der Waals surface area (Å²) >= 11 is 0. The summed E-state index contributed by atoms with van der Waals surface area (Å²) in [5.74, 6) is 0.414. The van der Waals surface area contributed by atoms with Crippen molar-refractivity contribution >= 4 is 15.8 Å². The Hall–Kier alpha value is -1.72. The number of anilines is 1. The van der Waals surface area contributed by atoms with Crippen molar-refractivity contribution < 1.29 is 8.42 Å². The topological polar surface area (TPSA) is 122 Å². The summed E-state index contributed by atoms with van der Waals surface area (Å²) in [6, 6.07) is 1.84. The van der Waals surface area contributed by atoms with Gasteiger partial charge in [0.1, 0.15) is 11.9 Å². The van der Waals surface area contributed by atoms with Crippen molar-refractivity contribution in [3.8, 4) is 6.07 Å². The molecule has 7 nitrogen and oxygen atoms in total. The second-order valence-corrected chi connectivity index (χ2v) is 4.78. The standard InChI is InChI=1S/C8H11N5O2S/c9-4-7-5-13-8(6-12-7)11-2-1-3-16(10,14)15/h5-6H,1-3H2,(H,11,13)(H2,10,14,15). The van der Waals surface area contributed by atoms with Crippen LogP contribution in [0.1, 0.15) is 12.1 Å². The summed E-state index contributed by atoms with van der Waals surface area (Å²) in [7, 11) is -3.41. The molecule has 16 heavy (non-hydrogen) atoms. The molecule has 0 radical (unpaired) electrons. The van der Waals surface area contributed by atoms with E-state index in [1.165, 1.54) is 12.4 Å². The predicted octanol–water partition coefficient (Wildman–Crippen LogP) is -0.561. The molecule has 0 fully saturated rings. The van der Waals surface area contributed by atoms with Crippen molar-refractivity contribution in [2.45, 2.75) is 6.42 Å². The van der Waals surface area contributed by atoms with Crippen molar-refractivity contribution in [2.24, 2.45) is 5.14 Å². The normalized spacial score (nSPS) is 10.8. The van der Waals surface area contributed by atoms with Gasteiger partial charge in [0.05, 0.1) is 18.1 Å². The summed E-state index contributed by atoms with van der Waals surface area (Å²) < 4.78 is 21.2. The minimum atomic E-state index is -3.41. The van der Waals surface area contributed by atoms with Crippen LogP contribution in [0.25, 0.3) is 0 Å². The molecule has 0 aliphatic carbocycles. The molecule has 0 bridgehead atoms. The molecule has 0 aliphatic rings. The Bertz CT molecular complexity index is 476. The number of nitrogens with two attached hydrogens (primary N) is 1. The van der Waals surface area contributed by atoms with Gasteiger partial charge in [-0.15, -0.1) is 0 Å². The largest absolute Gasteiger partial charge is 0.369 e. The number of hydrogen-bond donors (Lipinski definition) is 2. The lowest BCUT2D eigenvalue weighted by Crippen LogP contribution is -2.18. The Kier molecular flexibility index (Phi) is 4.16. The molecule has 3 N–H and O–H groups in total. The number of hydrogen-bond acceptors (Lipinski definition) is 6. The fourth-order valence-corrected chi connectivity index (χ4v) is 1.51. The van der Waals surface area contributed by atoms with E-state index in [0.29, 0.717) is 18.8 Å². The van der Waals surface area contributed by atoms with Gasteiger partial charge in [-0.1, -0.05) is 0 Å². The summed E-state index contributed by atoms with van der Waals surface area (Å²) in [5.41, 5.74) is 0.232. The van der Waals surface area contributed by atoms with Gasteiger partial charge in [0.2, 0.25) is 10.0 Å². The fraction of sp³-hybridized carbons (Fsp3) is 0.375. The van der Waals surface area contributed by atoms with E-state index in [0.717, 1.165) is 0 Å². The maximum absolute atomic E-state index is 10.6. The van der Waals surface area contributed by atoms with Crippen LogP contribution in [0.5, 0.6) is 0 Å². The zero-order valence-corrected chi connectivity index (χ0v) is 9.24. The third kappa shape index (κ3) is 4.68. The van der Waals surface area contributed by atoms with Gasteiger partial charge in [-0.3, -0.25) is 0 Å². The minimum absolute atomic E-state index is 0.0797. The molecule has 0 saturated carbocycles. The van der Waals surface area contributed by atoms with E-state index in [9.17, 15) is 8.42 Å². The van der Waals surface area contributed by atoms with Gasteiger partial charge in [0, 0.05) is 6.54 Å². The highest BCUT2D eigenvalue weighted by atomic mass is 32.2. The average molecular weight is 241 g/mol. The molecule has 0 atom stereocenters. The van der Waals surface area contributed by atoms with Crippen LogP contribution in [-0.4, -0.2) is 30.7 Å². The Morgan fingerprint density at radius 1 is 1.44 bits per heavy atom. The van der Waals surface area contributed by atoms with E-state index >= 15 is 0 Å². The van der Waals surface area contributed by atoms with E-state index in [2.05, 4.69) is 15.3 Å². The third-order valence-electron chi connectivity index (χ3n) is 1.68. The fourth-order valence-electron chi connectivity index (χ4n) is 0.967. The molecule has 86 valence electrons. The van der Waals surface area contributed by atoms with Crippen LogP contribution < -0.4 is 10.5 Å². The first kappa shape index (κ1) is 12.4. The average Bonchev–Trinajstić information content (AvgIpc) is 2.24. The Morgan fingerprint density at radius 3 is 2.69 bits per heavy atom. The SMILES string of the molecule is N#Cc1cnc(NCCCS(N)(=O)=O)cn1. The Balaban J connectivity index is 2.36. The number of nitrogens with one attached hydrogen (secondary N) is 1. The van der Waals surface area contributed by atoms with Crippen molar-refractivity contribution in [1.82, 2.24) is 9.97 Å². The lowest BCUT2D eigenvalue weighted by atomic mass is 10.4. The maximum Gasteiger partial charge on any atom is 0.209 e. The lowest BCUT2D eigenvalue weighted by Gasteiger charge is -2.03. The summed E-state index contributed by atoms with van der Waals surface area (Å²) in [4.78, 5) is 7.70. The zero-order chi connectivity index (χ0) is 12.0. The van der Waals surface area contributed by atoms with E-state index in [-0.39, 0.29) is 11.4 Å². The van der Waals surface area contributed by atoms with E-state index in [4.69, 9.17) is 10.4 Å². The molecule has 0 spiro atoms. The molecular weight excluding hydrogens is 230 g/mol. The first-order chi connectivity index (χ1) is 7.51. The van der Waals surface area contributed by atoms with E-state index in [1.54, 1.807) is 0 Å². The minimum Gasteiger partial charge on any atom is -0.369 e. The highest BCUT2D eigenvalue weighted by Crippen LogP contribution is 2.00. The first-order valence-electron chi connectivity index (χ1n) is 4.48. The van der Waals surface area contributed by atoms with Crippen LogP contribution in [0.15, 0.2) is 12.4 Å². The molecule has 0 aliphatic heterocycles. The molecule has 0 unspecified atom stereocenters. The van der Waals surface area contributed by atoms with Gasteiger partial charge in [-0.25, -0.2) is 23.5 Å². The lowest BCUT2D eigenvalue weighted by molar-refractivity contribution is 0.595. The van der Waals surface area contributed by atoms with Gasteiger partial charge in [-0.05, 0) is 6.42 Å². The molecule has 1 heterocycles. The molecule has 0 saturated heterocycles. The Labute approximate surface area is 93.4 Å². The monoisotopic (exact) mass is 241 g/mol. The number of sulfonamides is 1. The summed E-state index contributed by atoms with van der Waals surface area (Å²) in [6.07, 6.45) is 3.14. The number of nitriles is 1. The molecule has 0 aromatic carbocycles. The number of nitrogens with zero attached hydrogens (tertiary/aromatic N) is 3. The molecular formula is C8H11N5O2S. The molecule has 8 heteroatoms. The molecule has 1 rings (SSSR count). The molecule has 0 amide bonds. The first-order valence-corrected chi connectivity index (χ1v) is 6.19. The van der Waals surface area contributed by atoms with E-state index < -0.39 is 10.0 Å². The van der Waals surface area contributed by atoms with Crippen LogP contribution >= 0.6 is 0 Å². The van der Waals surface area contributed by atoms with Crippen molar-refractivity contribution in [1.29, 1.82) is 5.26 Å². The van der Waals surface area contributed by atoms with Crippen LogP contribution in [0.3, 0.4) is 0 Å². The predicted molar refractivity (Wildman–Crippen MR) is 57.8 cm³/mol. The van der Waals surface area contributed by atoms with Crippen LogP contribution in [0, 0.1) is 11.3 Å². The second-order valence-electron chi connectivity index (χ2n) is 3.05. The van der Waals surface area contributed by atoms with Gasteiger partial charge >= 0.3 is 0 Å². The number of primary sulfonamides is 1. The van der Waals surface area contributed by atoms with Crippen LogP contribution in [0.2, 0.25) is 0 Å². The zero-order valence-electron chi connectivity index (χ0n) is 8.42. The highest BCUT2D eigenvalue weighted by Gasteiger charge is 2.01. The second kappa shape index (κ2) is 5.39. The number of rotatable bonds is 5. The van der Waals surface area contributed by atoms with Gasteiger partial charge in [0.25, 0.3) is 0 Å². The molecule has 1 aromatic heterocycles. The van der Waals surface area contributed by atoms with Crippen LogP contribution in [0.4, 0.5) is 5.82 Å². The molecule has 1 aromatic rings. The van der Waals surface area contributed by atoms with Crippen molar-refractivity contribution in [2.75, 3.05) is 17.6 Å². The Morgan fingerprint density at radius 2 is 2.19 bits per heavy atom. The van der Waals surface area contributed by atoms with Crippen molar-refractivity contribution in [3.63, 3.8) is 0 Å². The quantitative estimate of drug-likeness (QED) is 0.666. The summed E-state index contributed by atoms with van der Waals surface area (Å²) in [6.45, 7) is 0.428. The van der Waals surface area contributed by atoms with Crippen LogP contribution in [-0.2, 0) is 10.0 Å². The van der Waals surface area contributed by atoms with Gasteiger partial charge in [0.15, 0.2) is 5.69 Å².